The Balaban J connectivity index is 2.14. The van der Waals surface area contributed by atoms with Crippen LogP contribution in [0.2, 0.25) is 0 Å². The molecular weight excluding hydrogens is 311 g/mol. The largest absolute Gasteiger partial charge is 0.297 e. The van der Waals surface area contributed by atoms with Crippen LogP contribution in [0.25, 0.3) is 0 Å². The Bertz CT molecular complexity index is 324. The number of aromatic nitrogens is 1. The van der Waals surface area contributed by atoms with E-state index >= 15 is 0 Å². The minimum absolute atomic E-state index is 0.970. The fraction of sp³-hybridized carbons (Fsp3) is 0.615. The summed E-state index contributed by atoms with van der Waals surface area (Å²) in [7, 11) is 0. The minimum Gasteiger partial charge on any atom is -0.297 e. The van der Waals surface area contributed by atoms with Crippen LogP contribution in [0.4, 0.5) is 0 Å². The van der Waals surface area contributed by atoms with Crippen molar-refractivity contribution in [2.75, 3.05) is 6.54 Å². The summed E-state index contributed by atoms with van der Waals surface area (Å²) in [5.41, 5.74) is 0. The van der Waals surface area contributed by atoms with Crippen LogP contribution in [-0.4, -0.2) is 9.33 Å². The van der Waals surface area contributed by atoms with Crippen molar-refractivity contribution in [2.24, 2.45) is 4.99 Å². The molecule has 0 aliphatic rings. The third kappa shape index (κ3) is 6.30. The molecule has 0 bridgehead atoms. The highest BCUT2D eigenvalue weighted by Gasteiger charge is 1.88. The van der Waals surface area contributed by atoms with Crippen molar-refractivity contribution in [3.8, 4) is 0 Å². The molecule has 0 saturated heterocycles. The van der Waals surface area contributed by atoms with Crippen molar-refractivity contribution in [1.82, 2.24) is 2.78 Å². The fourth-order valence-corrected chi connectivity index (χ4v) is 1.93. The first-order valence-corrected chi connectivity index (χ1v) is 7.14. The van der Waals surface area contributed by atoms with Gasteiger partial charge in [-0.15, -0.1) is 0 Å². The molecule has 1 heterocycles. The van der Waals surface area contributed by atoms with Gasteiger partial charge in [0.25, 0.3) is 0 Å². The summed E-state index contributed by atoms with van der Waals surface area (Å²) in [4.78, 5) is 4.55. The standard InChI is InChI=1S/C13H21IN2/c1-2-3-4-5-6-7-10-15-13-8-11-16(14)12-9-13/h8-9,11-12H,2-7,10H2,1H3. The normalized spacial score (nSPS) is 10.4. The second kappa shape index (κ2) is 8.79. The maximum absolute atomic E-state index is 4.55. The Hall–Kier alpha value is -0.320. The van der Waals surface area contributed by atoms with Gasteiger partial charge in [0.05, 0.1) is 28.2 Å². The van der Waals surface area contributed by atoms with Crippen molar-refractivity contribution in [3.05, 3.63) is 29.9 Å². The maximum atomic E-state index is 4.55. The van der Waals surface area contributed by atoms with Crippen LogP contribution in [0.3, 0.4) is 0 Å². The van der Waals surface area contributed by atoms with Crippen molar-refractivity contribution in [2.45, 2.75) is 45.4 Å². The lowest BCUT2D eigenvalue weighted by Crippen LogP contribution is -2.02. The second-order valence-electron chi connectivity index (χ2n) is 4.05. The van der Waals surface area contributed by atoms with Crippen LogP contribution in [-0.2, 0) is 0 Å². The minimum atomic E-state index is 0.970. The molecule has 0 aliphatic carbocycles. The molecule has 0 aliphatic heterocycles. The molecule has 0 N–H and O–H groups in total. The summed E-state index contributed by atoms with van der Waals surface area (Å²) in [5, 5.41) is 1.10. The molecule has 0 saturated carbocycles. The molecule has 0 aromatic carbocycles. The van der Waals surface area contributed by atoms with Crippen LogP contribution in [0, 0.1) is 0 Å². The summed E-state index contributed by atoms with van der Waals surface area (Å²) >= 11 is 2.24. The van der Waals surface area contributed by atoms with Gasteiger partial charge in [-0.1, -0.05) is 39.0 Å². The van der Waals surface area contributed by atoms with E-state index in [0.717, 1.165) is 11.9 Å². The molecule has 1 rings (SSSR count). The van der Waals surface area contributed by atoms with Gasteiger partial charge in [0.1, 0.15) is 0 Å². The summed E-state index contributed by atoms with van der Waals surface area (Å²) in [5.74, 6) is 0. The van der Waals surface area contributed by atoms with E-state index < -0.39 is 0 Å². The van der Waals surface area contributed by atoms with E-state index in [4.69, 9.17) is 0 Å². The lowest BCUT2D eigenvalue weighted by molar-refractivity contribution is 0.610. The summed E-state index contributed by atoms with van der Waals surface area (Å²) in [6.45, 7) is 3.22. The molecule has 1 aromatic heterocycles. The van der Waals surface area contributed by atoms with E-state index in [0.29, 0.717) is 0 Å². The Morgan fingerprint density at radius 2 is 1.69 bits per heavy atom. The zero-order valence-electron chi connectivity index (χ0n) is 10.0. The highest BCUT2D eigenvalue weighted by molar-refractivity contribution is 14.1. The van der Waals surface area contributed by atoms with Crippen molar-refractivity contribution < 1.29 is 0 Å². The molecule has 0 fully saturated rings. The van der Waals surface area contributed by atoms with E-state index in [1.165, 1.54) is 38.5 Å². The second-order valence-corrected chi connectivity index (χ2v) is 5.16. The molecule has 0 unspecified atom stereocenters. The van der Waals surface area contributed by atoms with Gasteiger partial charge in [-0.3, -0.25) is 7.77 Å². The van der Waals surface area contributed by atoms with Crippen LogP contribution < -0.4 is 5.36 Å². The van der Waals surface area contributed by atoms with E-state index in [1.54, 1.807) is 0 Å². The summed E-state index contributed by atoms with van der Waals surface area (Å²) in [6, 6.07) is 4.12. The molecule has 0 atom stereocenters. The first-order valence-electron chi connectivity index (χ1n) is 6.18. The van der Waals surface area contributed by atoms with Gasteiger partial charge in [-0.2, -0.15) is 0 Å². The molecular formula is C13H21IN2. The van der Waals surface area contributed by atoms with E-state index in [2.05, 4.69) is 46.9 Å². The lowest BCUT2D eigenvalue weighted by Gasteiger charge is -1.98. The van der Waals surface area contributed by atoms with E-state index in [9.17, 15) is 0 Å². The Labute approximate surface area is 112 Å². The van der Waals surface area contributed by atoms with E-state index in [-0.39, 0.29) is 0 Å². The first-order chi connectivity index (χ1) is 7.83. The van der Waals surface area contributed by atoms with Gasteiger partial charge in [0, 0.05) is 18.9 Å². The molecule has 90 valence electrons. The number of halogens is 1. The van der Waals surface area contributed by atoms with Crippen molar-refractivity contribution in [1.29, 1.82) is 0 Å². The van der Waals surface area contributed by atoms with Crippen molar-refractivity contribution >= 4 is 22.9 Å². The molecule has 1 aromatic rings. The number of pyridine rings is 1. The summed E-state index contributed by atoms with van der Waals surface area (Å²) < 4.78 is 2.00. The predicted octanol–water partition coefficient (Wildman–Crippen LogP) is 3.95. The number of unbranched alkanes of at least 4 members (excludes halogenated alkanes) is 5. The van der Waals surface area contributed by atoms with Crippen molar-refractivity contribution in [3.63, 3.8) is 0 Å². The summed E-state index contributed by atoms with van der Waals surface area (Å²) in [6.07, 6.45) is 12.1. The zero-order valence-corrected chi connectivity index (χ0v) is 12.2. The van der Waals surface area contributed by atoms with Crippen LogP contribution in [0.5, 0.6) is 0 Å². The molecule has 16 heavy (non-hydrogen) atoms. The quantitative estimate of drug-likeness (QED) is 0.531. The molecule has 0 amide bonds. The van der Waals surface area contributed by atoms with E-state index in [1.807, 2.05) is 15.2 Å². The average molecular weight is 332 g/mol. The average Bonchev–Trinajstić information content (AvgIpc) is 2.30. The lowest BCUT2D eigenvalue weighted by atomic mass is 10.1. The molecule has 2 nitrogen and oxygen atoms in total. The third-order valence-electron chi connectivity index (χ3n) is 2.58. The number of rotatable bonds is 7. The van der Waals surface area contributed by atoms with Gasteiger partial charge in [0.2, 0.25) is 0 Å². The molecule has 0 radical (unpaired) electrons. The van der Waals surface area contributed by atoms with Gasteiger partial charge in [-0.25, -0.2) is 0 Å². The van der Waals surface area contributed by atoms with Gasteiger partial charge in [-0.05, 0) is 18.6 Å². The number of nitrogens with zero attached hydrogens (tertiary/aromatic N) is 2. The Morgan fingerprint density at radius 3 is 2.38 bits per heavy atom. The Kier molecular flexibility index (Phi) is 7.55. The van der Waals surface area contributed by atoms with Crippen LogP contribution in [0.15, 0.2) is 29.5 Å². The van der Waals surface area contributed by atoms with Gasteiger partial charge in [0.15, 0.2) is 0 Å². The van der Waals surface area contributed by atoms with Crippen LogP contribution >= 0.6 is 22.9 Å². The monoisotopic (exact) mass is 332 g/mol. The topological polar surface area (TPSA) is 17.3 Å². The SMILES string of the molecule is CCCCCCCCN=c1ccn(I)cc1. The van der Waals surface area contributed by atoms with Gasteiger partial charge >= 0.3 is 0 Å². The van der Waals surface area contributed by atoms with Crippen LogP contribution in [0.1, 0.15) is 45.4 Å². The maximum Gasteiger partial charge on any atom is 0.0634 e. The molecule has 3 heteroatoms. The Morgan fingerprint density at radius 1 is 1.06 bits per heavy atom. The highest BCUT2D eigenvalue weighted by atomic mass is 127. The third-order valence-corrected chi connectivity index (χ3v) is 3.22. The predicted molar refractivity (Wildman–Crippen MR) is 77.7 cm³/mol. The fourth-order valence-electron chi connectivity index (χ4n) is 1.61. The zero-order chi connectivity index (χ0) is 11.6. The number of hydrogen-bond donors (Lipinski definition) is 0. The highest BCUT2D eigenvalue weighted by Crippen LogP contribution is 2.04. The first kappa shape index (κ1) is 13.7. The number of hydrogen-bond acceptors (Lipinski definition) is 1. The molecule has 0 spiro atoms. The van der Waals surface area contributed by atoms with Gasteiger partial charge < -0.3 is 0 Å². The smallest absolute Gasteiger partial charge is 0.0634 e.